The maximum Gasteiger partial charge on any atom is 0.270 e. The number of hydrogen-bond acceptors (Lipinski definition) is 6. The van der Waals surface area contributed by atoms with Crippen molar-refractivity contribution in [3.8, 4) is 0 Å². The molecule has 19 heavy (non-hydrogen) atoms. The van der Waals surface area contributed by atoms with Gasteiger partial charge in [0.15, 0.2) is 10.9 Å². The van der Waals surface area contributed by atoms with Crippen molar-refractivity contribution in [2.75, 3.05) is 22.9 Å². The summed E-state index contributed by atoms with van der Waals surface area (Å²) in [7, 11) is 1.78. The van der Waals surface area contributed by atoms with E-state index >= 15 is 0 Å². The van der Waals surface area contributed by atoms with Gasteiger partial charge in [0.2, 0.25) is 0 Å². The zero-order valence-corrected chi connectivity index (χ0v) is 11.6. The fourth-order valence-corrected chi connectivity index (χ4v) is 2.26. The minimum atomic E-state index is -0.293. The summed E-state index contributed by atoms with van der Waals surface area (Å²) in [5.41, 5.74) is 5.75. The van der Waals surface area contributed by atoms with E-state index < -0.39 is 0 Å². The van der Waals surface area contributed by atoms with Crippen LogP contribution in [0.1, 0.15) is 23.0 Å². The van der Waals surface area contributed by atoms with Gasteiger partial charge in [-0.05, 0) is 6.42 Å². The molecule has 2 aromatic rings. The summed E-state index contributed by atoms with van der Waals surface area (Å²) in [5, 5.41) is 10.5. The number of rotatable bonds is 5. The van der Waals surface area contributed by atoms with E-state index in [4.69, 9.17) is 5.73 Å². The summed E-state index contributed by atoms with van der Waals surface area (Å²) >= 11 is 1.24. The molecule has 0 spiro atoms. The second kappa shape index (κ2) is 5.70. The third kappa shape index (κ3) is 3.22. The van der Waals surface area contributed by atoms with Gasteiger partial charge in [0, 0.05) is 25.9 Å². The van der Waals surface area contributed by atoms with Gasteiger partial charge in [-0.3, -0.25) is 9.48 Å². The maximum absolute atomic E-state index is 12.0. The molecule has 7 nitrogen and oxygen atoms in total. The highest BCUT2D eigenvalue weighted by molar-refractivity contribution is 7.18. The summed E-state index contributed by atoms with van der Waals surface area (Å²) < 4.78 is 1.61. The predicted octanol–water partition coefficient (Wildman–Crippen LogP) is 1.53. The fraction of sp³-hybridized carbons (Fsp3) is 0.364. The van der Waals surface area contributed by atoms with E-state index in [-0.39, 0.29) is 11.7 Å². The van der Waals surface area contributed by atoms with E-state index in [2.05, 4.69) is 27.6 Å². The van der Waals surface area contributed by atoms with Crippen molar-refractivity contribution in [2.24, 2.45) is 7.05 Å². The molecule has 8 heteroatoms. The minimum Gasteiger partial charge on any atom is -0.382 e. The molecule has 0 aromatic carbocycles. The van der Waals surface area contributed by atoms with Gasteiger partial charge in [0.05, 0.1) is 0 Å². The summed E-state index contributed by atoms with van der Waals surface area (Å²) in [6.07, 6.45) is 2.73. The summed E-state index contributed by atoms with van der Waals surface area (Å²) in [5.74, 6) is 0.429. The van der Waals surface area contributed by atoms with Crippen molar-refractivity contribution in [2.45, 2.75) is 13.3 Å². The molecule has 0 unspecified atom stereocenters. The first-order valence-electron chi connectivity index (χ1n) is 5.91. The number of nitrogens with one attached hydrogen (secondary N) is 2. The number of aryl methyl sites for hydroxylation is 1. The van der Waals surface area contributed by atoms with Crippen LogP contribution in [-0.4, -0.2) is 27.2 Å². The third-order valence-corrected chi connectivity index (χ3v) is 3.37. The fourth-order valence-electron chi connectivity index (χ4n) is 1.46. The van der Waals surface area contributed by atoms with E-state index in [9.17, 15) is 4.79 Å². The number of anilines is 3. The van der Waals surface area contributed by atoms with Crippen molar-refractivity contribution in [3.63, 3.8) is 0 Å². The second-order valence-electron chi connectivity index (χ2n) is 3.99. The molecule has 102 valence electrons. The van der Waals surface area contributed by atoms with Crippen LogP contribution in [0.5, 0.6) is 0 Å². The SMILES string of the molecule is CCCNc1nc(N)c(C(=O)Nc2ccn(C)n2)s1. The van der Waals surface area contributed by atoms with E-state index in [1.54, 1.807) is 24.0 Å². The Morgan fingerprint density at radius 3 is 3.00 bits per heavy atom. The topological polar surface area (TPSA) is 97.9 Å². The van der Waals surface area contributed by atoms with Crippen LogP contribution in [0.3, 0.4) is 0 Å². The van der Waals surface area contributed by atoms with E-state index in [1.165, 1.54) is 11.3 Å². The molecule has 0 aliphatic heterocycles. The molecule has 2 rings (SSSR count). The highest BCUT2D eigenvalue weighted by Crippen LogP contribution is 2.25. The van der Waals surface area contributed by atoms with E-state index in [1.807, 2.05) is 0 Å². The first-order valence-corrected chi connectivity index (χ1v) is 6.73. The van der Waals surface area contributed by atoms with Crippen LogP contribution in [0.15, 0.2) is 12.3 Å². The lowest BCUT2D eigenvalue weighted by Gasteiger charge is -1.99. The Kier molecular flexibility index (Phi) is 4.00. The Morgan fingerprint density at radius 2 is 2.37 bits per heavy atom. The average molecular weight is 280 g/mol. The van der Waals surface area contributed by atoms with Crippen molar-refractivity contribution < 1.29 is 4.79 Å². The van der Waals surface area contributed by atoms with Gasteiger partial charge in [-0.15, -0.1) is 0 Å². The van der Waals surface area contributed by atoms with Crippen LogP contribution in [0, 0.1) is 0 Å². The number of aromatic nitrogens is 3. The highest BCUT2D eigenvalue weighted by atomic mass is 32.1. The molecule has 0 bridgehead atoms. The van der Waals surface area contributed by atoms with Gasteiger partial charge < -0.3 is 16.4 Å². The van der Waals surface area contributed by atoms with Crippen LogP contribution >= 0.6 is 11.3 Å². The Morgan fingerprint density at radius 1 is 1.58 bits per heavy atom. The molecule has 1 amide bonds. The normalized spacial score (nSPS) is 10.4. The zero-order valence-electron chi connectivity index (χ0n) is 10.8. The lowest BCUT2D eigenvalue weighted by molar-refractivity contribution is 0.103. The summed E-state index contributed by atoms with van der Waals surface area (Å²) in [6.45, 7) is 2.85. The monoisotopic (exact) mass is 280 g/mol. The van der Waals surface area contributed by atoms with Crippen LogP contribution in [0.25, 0.3) is 0 Å². The number of nitrogen functional groups attached to an aromatic ring is 1. The lowest BCUT2D eigenvalue weighted by atomic mass is 10.4. The molecule has 2 heterocycles. The number of carbonyl (C=O) groups excluding carboxylic acids is 1. The number of nitrogens with zero attached hydrogens (tertiary/aromatic N) is 3. The molecule has 0 fully saturated rings. The molecule has 0 saturated carbocycles. The molecular weight excluding hydrogens is 264 g/mol. The van der Waals surface area contributed by atoms with Gasteiger partial charge in [0.25, 0.3) is 5.91 Å². The van der Waals surface area contributed by atoms with E-state index in [0.29, 0.717) is 15.8 Å². The number of thiazole rings is 1. The Hall–Kier alpha value is -2.09. The molecular formula is C11H16N6OS. The minimum absolute atomic E-state index is 0.233. The number of nitrogens with two attached hydrogens (primary N) is 1. The molecule has 0 saturated heterocycles. The number of amides is 1. The Bertz CT molecular complexity index is 576. The number of hydrogen-bond donors (Lipinski definition) is 3. The lowest BCUT2D eigenvalue weighted by Crippen LogP contribution is -2.12. The first-order chi connectivity index (χ1) is 9.10. The van der Waals surface area contributed by atoms with Gasteiger partial charge >= 0.3 is 0 Å². The molecule has 0 radical (unpaired) electrons. The maximum atomic E-state index is 12.0. The summed E-state index contributed by atoms with van der Waals surface area (Å²) in [6, 6.07) is 1.71. The van der Waals surface area contributed by atoms with E-state index in [0.717, 1.165) is 13.0 Å². The van der Waals surface area contributed by atoms with Crippen molar-refractivity contribution in [1.29, 1.82) is 0 Å². The molecule has 0 aliphatic rings. The first kappa shape index (κ1) is 13.3. The molecule has 4 N–H and O–H groups in total. The predicted molar refractivity (Wildman–Crippen MR) is 76.5 cm³/mol. The van der Waals surface area contributed by atoms with Crippen LogP contribution in [-0.2, 0) is 7.05 Å². The number of carbonyl (C=O) groups is 1. The van der Waals surface area contributed by atoms with Gasteiger partial charge in [-0.25, -0.2) is 4.98 Å². The standard InChI is InChI=1S/C11H16N6OS/c1-3-5-13-11-15-9(12)8(19-11)10(18)14-7-4-6-17(2)16-7/h4,6H,3,5,12H2,1-2H3,(H,13,15)(H,14,16,18). The van der Waals surface area contributed by atoms with Crippen LogP contribution in [0.4, 0.5) is 16.8 Å². The second-order valence-corrected chi connectivity index (χ2v) is 4.99. The van der Waals surface area contributed by atoms with Gasteiger partial charge in [-0.2, -0.15) is 5.10 Å². The van der Waals surface area contributed by atoms with Crippen LogP contribution < -0.4 is 16.4 Å². The third-order valence-electron chi connectivity index (χ3n) is 2.34. The van der Waals surface area contributed by atoms with Crippen molar-refractivity contribution in [1.82, 2.24) is 14.8 Å². The smallest absolute Gasteiger partial charge is 0.270 e. The average Bonchev–Trinajstić information content (AvgIpc) is 2.93. The molecule has 0 aliphatic carbocycles. The van der Waals surface area contributed by atoms with Gasteiger partial charge in [0.1, 0.15) is 10.7 Å². The Balaban J connectivity index is 2.08. The van der Waals surface area contributed by atoms with Crippen LogP contribution in [0.2, 0.25) is 0 Å². The van der Waals surface area contributed by atoms with Gasteiger partial charge in [-0.1, -0.05) is 18.3 Å². The largest absolute Gasteiger partial charge is 0.382 e. The Labute approximate surface area is 114 Å². The van der Waals surface area contributed by atoms with Crippen molar-refractivity contribution in [3.05, 3.63) is 17.1 Å². The summed E-state index contributed by atoms with van der Waals surface area (Å²) in [4.78, 5) is 16.5. The molecule has 2 aromatic heterocycles. The zero-order chi connectivity index (χ0) is 13.8. The quantitative estimate of drug-likeness (QED) is 0.771. The van der Waals surface area contributed by atoms with Crippen molar-refractivity contribution >= 4 is 34.0 Å². The molecule has 0 atom stereocenters. The highest BCUT2D eigenvalue weighted by Gasteiger charge is 2.16.